The third-order valence-electron chi connectivity index (χ3n) is 3.67. The van der Waals surface area contributed by atoms with Crippen LogP contribution in [-0.2, 0) is 14.8 Å². The van der Waals surface area contributed by atoms with Crippen LogP contribution in [0.5, 0.6) is 0 Å². The van der Waals surface area contributed by atoms with Gasteiger partial charge in [0.15, 0.2) is 0 Å². The molecule has 0 aromatic rings. The van der Waals surface area contributed by atoms with Gasteiger partial charge in [-0.25, -0.2) is 8.42 Å². The fraction of sp³-hybridized carbons (Fsp3) is 1.00. The lowest BCUT2D eigenvalue weighted by molar-refractivity contribution is -0.0142. The van der Waals surface area contributed by atoms with E-state index in [-0.39, 0.29) is 17.4 Å². The van der Waals surface area contributed by atoms with E-state index in [1.54, 1.807) is 4.31 Å². The molecule has 6 heteroatoms. The predicted octanol–water partition coefficient (Wildman–Crippen LogP) is 1.74. The Balaban J connectivity index is 2.12. The zero-order chi connectivity index (χ0) is 12.5. The van der Waals surface area contributed by atoms with Gasteiger partial charge in [-0.2, -0.15) is 4.31 Å². The molecule has 0 spiro atoms. The summed E-state index contributed by atoms with van der Waals surface area (Å²) < 4.78 is 32.3. The predicted molar refractivity (Wildman–Crippen MR) is 70.9 cm³/mol. The van der Waals surface area contributed by atoms with Crippen LogP contribution in [0.25, 0.3) is 0 Å². The first-order valence-electron chi connectivity index (χ1n) is 6.24. The van der Waals surface area contributed by atoms with Gasteiger partial charge in [-0.3, -0.25) is 0 Å². The summed E-state index contributed by atoms with van der Waals surface area (Å²) in [5.74, 6) is 0. The lowest BCUT2D eigenvalue weighted by atomic mass is 10.2. The molecule has 100 valence electrons. The molecule has 1 heterocycles. The van der Waals surface area contributed by atoms with E-state index in [0.717, 1.165) is 25.7 Å². The topological polar surface area (TPSA) is 46.6 Å². The van der Waals surface area contributed by atoms with Crippen molar-refractivity contribution in [3.8, 4) is 0 Å². The Hall–Kier alpha value is 0.350. The minimum Gasteiger partial charge on any atom is -0.374 e. The minimum absolute atomic E-state index is 0.0117. The van der Waals surface area contributed by atoms with E-state index >= 15 is 0 Å². The van der Waals surface area contributed by atoms with Crippen molar-refractivity contribution in [2.75, 3.05) is 18.5 Å². The number of sulfonamides is 1. The summed E-state index contributed by atoms with van der Waals surface area (Å²) in [5, 5.41) is 0.537. The highest BCUT2D eigenvalue weighted by atomic mass is 79.9. The van der Waals surface area contributed by atoms with E-state index in [1.165, 1.54) is 0 Å². The first-order valence-corrected chi connectivity index (χ1v) is 8.86. The molecule has 2 atom stereocenters. The van der Waals surface area contributed by atoms with Crippen LogP contribution in [0.2, 0.25) is 0 Å². The van der Waals surface area contributed by atoms with Gasteiger partial charge in [-0.05, 0) is 19.8 Å². The highest BCUT2D eigenvalue weighted by molar-refractivity contribution is 9.09. The Morgan fingerprint density at radius 3 is 2.59 bits per heavy atom. The molecule has 2 unspecified atom stereocenters. The monoisotopic (exact) mass is 325 g/mol. The van der Waals surface area contributed by atoms with Gasteiger partial charge in [0.2, 0.25) is 10.0 Å². The molecule has 2 rings (SSSR count). The van der Waals surface area contributed by atoms with E-state index in [1.807, 2.05) is 6.92 Å². The highest BCUT2D eigenvalue weighted by Gasteiger charge is 2.39. The summed E-state index contributed by atoms with van der Waals surface area (Å²) in [5.41, 5.74) is 0. The molecule has 0 radical (unpaired) electrons. The van der Waals surface area contributed by atoms with Gasteiger partial charge < -0.3 is 4.74 Å². The molecular formula is C11H20BrNO3S. The number of hydrogen-bond donors (Lipinski definition) is 0. The number of nitrogens with zero attached hydrogens (tertiary/aromatic N) is 1. The second-order valence-electron chi connectivity index (χ2n) is 4.98. The quantitative estimate of drug-likeness (QED) is 0.742. The van der Waals surface area contributed by atoms with E-state index in [4.69, 9.17) is 4.74 Å². The average molecular weight is 326 g/mol. The molecule has 2 fully saturated rings. The van der Waals surface area contributed by atoms with E-state index < -0.39 is 10.0 Å². The molecule has 1 saturated heterocycles. The summed E-state index contributed by atoms with van der Waals surface area (Å²) in [6.45, 7) is 2.92. The second kappa shape index (κ2) is 5.55. The van der Waals surface area contributed by atoms with Crippen LogP contribution in [0.15, 0.2) is 0 Å². The van der Waals surface area contributed by atoms with Crippen LogP contribution in [0, 0.1) is 0 Å². The van der Waals surface area contributed by atoms with Crippen LogP contribution in [0.3, 0.4) is 0 Å². The van der Waals surface area contributed by atoms with Crippen molar-refractivity contribution in [2.45, 2.75) is 50.0 Å². The summed E-state index contributed by atoms with van der Waals surface area (Å²) >= 11 is 3.36. The van der Waals surface area contributed by atoms with Crippen LogP contribution in [0.4, 0.5) is 0 Å². The van der Waals surface area contributed by atoms with Gasteiger partial charge in [0, 0.05) is 17.9 Å². The summed E-state index contributed by atoms with van der Waals surface area (Å²) in [6, 6.07) is -0.0316. The molecule has 2 aliphatic rings. The Morgan fingerprint density at radius 1 is 1.35 bits per heavy atom. The smallest absolute Gasteiger partial charge is 0.217 e. The SMILES string of the molecule is CC1COC(CBr)CN1S(=O)(=O)C1CCCC1. The third kappa shape index (κ3) is 2.85. The van der Waals surface area contributed by atoms with E-state index in [9.17, 15) is 8.42 Å². The first kappa shape index (κ1) is 13.8. The van der Waals surface area contributed by atoms with Gasteiger partial charge >= 0.3 is 0 Å². The maximum absolute atomic E-state index is 12.5. The minimum atomic E-state index is -3.12. The van der Waals surface area contributed by atoms with Crippen molar-refractivity contribution < 1.29 is 13.2 Å². The molecule has 17 heavy (non-hydrogen) atoms. The Labute approximate surface area is 112 Å². The number of ether oxygens (including phenoxy) is 1. The molecule has 0 N–H and O–H groups in total. The number of hydrogen-bond acceptors (Lipinski definition) is 3. The molecule has 0 amide bonds. The average Bonchev–Trinajstić information content (AvgIpc) is 2.83. The maximum atomic E-state index is 12.5. The van der Waals surface area contributed by atoms with Crippen molar-refractivity contribution >= 4 is 26.0 Å². The second-order valence-corrected chi connectivity index (χ2v) is 7.79. The Kier molecular flexibility index (Phi) is 4.50. The highest BCUT2D eigenvalue weighted by Crippen LogP contribution is 2.29. The summed E-state index contributed by atoms with van der Waals surface area (Å²) in [4.78, 5) is 0. The molecule has 0 aromatic carbocycles. The van der Waals surface area contributed by atoms with Gasteiger partial charge in [0.1, 0.15) is 0 Å². The van der Waals surface area contributed by atoms with Crippen molar-refractivity contribution in [2.24, 2.45) is 0 Å². The first-order chi connectivity index (χ1) is 8.05. The maximum Gasteiger partial charge on any atom is 0.217 e. The van der Waals surface area contributed by atoms with Crippen molar-refractivity contribution in [1.29, 1.82) is 0 Å². The fourth-order valence-corrected chi connectivity index (χ4v) is 5.26. The van der Waals surface area contributed by atoms with E-state index in [0.29, 0.717) is 18.5 Å². The van der Waals surface area contributed by atoms with Crippen LogP contribution in [-0.4, -0.2) is 48.6 Å². The molecule has 4 nitrogen and oxygen atoms in total. The molecule has 1 aliphatic carbocycles. The zero-order valence-corrected chi connectivity index (χ0v) is 12.5. The standard InChI is InChI=1S/C11H20BrNO3S/c1-9-8-16-10(6-12)7-13(9)17(14,15)11-4-2-3-5-11/h9-11H,2-8H2,1H3. The van der Waals surface area contributed by atoms with Crippen molar-refractivity contribution in [3.05, 3.63) is 0 Å². The summed E-state index contributed by atoms with van der Waals surface area (Å²) in [7, 11) is -3.12. The fourth-order valence-electron chi connectivity index (χ4n) is 2.62. The van der Waals surface area contributed by atoms with Crippen LogP contribution in [0.1, 0.15) is 32.6 Å². The third-order valence-corrected chi connectivity index (χ3v) is 6.87. The van der Waals surface area contributed by atoms with E-state index in [2.05, 4.69) is 15.9 Å². The molecule has 1 saturated carbocycles. The number of morpholine rings is 1. The molecule has 0 bridgehead atoms. The Bertz CT molecular complexity index is 354. The number of alkyl halides is 1. The largest absolute Gasteiger partial charge is 0.374 e. The molecule has 0 aromatic heterocycles. The number of rotatable bonds is 3. The van der Waals surface area contributed by atoms with Crippen LogP contribution < -0.4 is 0 Å². The lowest BCUT2D eigenvalue weighted by Crippen LogP contribution is -2.53. The normalized spacial score (nSPS) is 33.1. The summed E-state index contributed by atoms with van der Waals surface area (Å²) in [6.07, 6.45) is 3.73. The van der Waals surface area contributed by atoms with Crippen LogP contribution >= 0.6 is 15.9 Å². The van der Waals surface area contributed by atoms with Gasteiger partial charge in [0.25, 0.3) is 0 Å². The number of halogens is 1. The lowest BCUT2D eigenvalue weighted by Gasteiger charge is -2.37. The van der Waals surface area contributed by atoms with Gasteiger partial charge in [-0.1, -0.05) is 28.8 Å². The Morgan fingerprint density at radius 2 is 2.00 bits per heavy atom. The molecule has 1 aliphatic heterocycles. The van der Waals surface area contributed by atoms with Gasteiger partial charge in [-0.15, -0.1) is 0 Å². The van der Waals surface area contributed by atoms with Crippen molar-refractivity contribution in [1.82, 2.24) is 4.31 Å². The molecular weight excluding hydrogens is 306 g/mol. The van der Waals surface area contributed by atoms with Gasteiger partial charge in [0.05, 0.1) is 18.0 Å². The zero-order valence-electron chi connectivity index (χ0n) is 10.1. The van der Waals surface area contributed by atoms with Crippen molar-refractivity contribution in [3.63, 3.8) is 0 Å².